The number of aryl methyl sites for hydroxylation is 1. The van der Waals surface area contributed by atoms with Crippen LogP contribution < -0.4 is 16.2 Å². The molecule has 0 saturated heterocycles. The molecule has 0 aromatic carbocycles. The number of aromatic nitrogens is 3. The Hall–Kier alpha value is -2.29. The number of nitrogens with two attached hydrogens (primary N) is 1. The summed E-state index contributed by atoms with van der Waals surface area (Å²) in [5.74, 6) is 5.30. The lowest BCUT2D eigenvalue weighted by molar-refractivity contribution is -0.137. The number of hydrogen-bond donors (Lipinski definition) is 2. The molecule has 2 aromatic rings. The van der Waals surface area contributed by atoms with Crippen molar-refractivity contribution in [3.8, 4) is 0 Å². The van der Waals surface area contributed by atoms with E-state index < -0.39 is 11.7 Å². The van der Waals surface area contributed by atoms with Gasteiger partial charge in [0, 0.05) is 32.4 Å². The van der Waals surface area contributed by atoms with Crippen molar-refractivity contribution in [2.75, 3.05) is 17.4 Å². The third-order valence-electron chi connectivity index (χ3n) is 2.86. The van der Waals surface area contributed by atoms with Gasteiger partial charge in [-0.15, -0.1) is 0 Å². The zero-order chi connectivity index (χ0) is 15.6. The molecule has 0 aliphatic heterocycles. The van der Waals surface area contributed by atoms with Gasteiger partial charge >= 0.3 is 6.18 Å². The first kappa shape index (κ1) is 15.1. The smallest absolute Gasteiger partial charge is 0.355 e. The number of halogens is 3. The summed E-state index contributed by atoms with van der Waals surface area (Å²) in [6.45, 7) is 0.381. The summed E-state index contributed by atoms with van der Waals surface area (Å²) in [7, 11) is 3.41. The summed E-state index contributed by atoms with van der Waals surface area (Å²) < 4.78 is 40.2. The molecule has 3 N–H and O–H groups in total. The molecule has 0 unspecified atom stereocenters. The van der Waals surface area contributed by atoms with Gasteiger partial charge in [0.05, 0.1) is 11.8 Å². The Morgan fingerprint density at radius 1 is 1.38 bits per heavy atom. The van der Waals surface area contributed by atoms with Crippen LogP contribution in [0.5, 0.6) is 0 Å². The van der Waals surface area contributed by atoms with Gasteiger partial charge in [-0.1, -0.05) is 0 Å². The molecule has 2 rings (SSSR count). The van der Waals surface area contributed by atoms with Crippen molar-refractivity contribution in [1.82, 2.24) is 14.8 Å². The van der Waals surface area contributed by atoms with Crippen molar-refractivity contribution in [3.05, 3.63) is 35.7 Å². The first-order chi connectivity index (χ1) is 9.79. The summed E-state index contributed by atoms with van der Waals surface area (Å²) in [4.78, 5) is 5.62. The summed E-state index contributed by atoms with van der Waals surface area (Å²) in [6, 6.07) is 1.85. The van der Waals surface area contributed by atoms with Crippen molar-refractivity contribution in [1.29, 1.82) is 0 Å². The third-order valence-corrected chi connectivity index (χ3v) is 2.86. The van der Waals surface area contributed by atoms with Crippen LogP contribution in [-0.2, 0) is 19.8 Å². The highest BCUT2D eigenvalue weighted by Gasteiger charge is 2.32. The molecule has 9 heteroatoms. The number of pyridine rings is 1. The quantitative estimate of drug-likeness (QED) is 0.665. The van der Waals surface area contributed by atoms with Crippen LogP contribution in [0.2, 0.25) is 0 Å². The minimum absolute atomic E-state index is 0.0436. The van der Waals surface area contributed by atoms with E-state index in [0.717, 1.165) is 17.7 Å². The molecule has 2 aromatic heterocycles. The van der Waals surface area contributed by atoms with Crippen LogP contribution in [0.4, 0.5) is 24.8 Å². The van der Waals surface area contributed by atoms with Gasteiger partial charge in [-0.05, 0) is 12.1 Å². The Bertz CT molecular complexity index is 622. The highest BCUT2D eigenvalue weighted by Crippen LogP contribution is 2.32. The Morgan fingerprint density at radius 2 is 2.10 bits per heavy atom. The van der Waals surface area contributed by atoms with Crippen molar-refractivity contribution in [3.63, 3.8) is 0 Å². The molecule has 0 aliphatic rings. The normalized spacial score (nSPS) is 11.5. The molecular weight excluding hydrogens is 285 g/mol. The molecule has 6 nitrogen and oxygen atoms in total. The molecule has 0 fully saturated rings. The fraction of sp³-hybridized carbons (Fsp3) is 0.333. The average molecular weight is 300 g/mol. The Balaban J connectivity index is 2.29. The lowest BCUT2D eigenvalue weighted by atomic mass is 10.2. The van der Waals surface area contributed by atoms with Gasteiger partial charge < -0.3 is 10.3 Å². The predicted molar refractivity (Wildman–Crippen MR) is 72.4 cm³/mol. The molecule has 0 bridgehead atoms. The number of alkyl halides is 3. The molecule has 2 heterocycles. The fourth-order valence-electron chi connectivity index (χ4n) is 1.86. The lowest BCUT2D eigenvalue weighted by Crippen LogP contribution is -2.20. The molecule has 0 atom stereocenters. The molecule has 0 amide bonds. The number of anilines is 2. The maximum atomic E-state index is 12.8. The summed E-state index contributed by atoms with van der Waals surface area (Å²) in [5, 5.41) is 4.01. The number of rotatable bonds is 4. The topological polar surface area (TPSA) is 72.0 Å². The Labute approximate surface area is 119 Å². The number of nitrogens with one attached hydrogen (secondary N) is 1. The van der Waals surface area contributed by atoms with E-state index in [9.17, 15) is 13.2 Å². The van der Waals surface area contributed by atoms with E-state index in [2.05, 4.69) is 15.5 Å². The van der Waals surface area contributed by atoms with Crippen LogP contribution in [0.15, 0.2) is 24.5 Å². The fourth-order valence-corrected chi connectivity index (χ4v) is 1.86. The second kappa shape index (κ2) is 5.60. The first-order valence-corrected chi connectivity index (χ1v) is 6.04. The second-order valence-corrected chi connectivity index (χ2v) is 4.62. The third kappa shape index (κ3) is 3.63. The van der Waals surface area contributed by atoms with Crippen molar-refractivity contribution < 1.29 is 13.2 Å². The lowest BCUT2D eigenvalue weighted by Gasteiger charge is -2.19. The second-order valence-electron chi connectivity index (χ2n) is 4.62. The summed E-state index contributed by atoms with van der Waals surface area (Å²) in [6.07, 6.45) is -1.03. The zero-order valence-electron chi connectivity index (χ0n) is 11.5. The van der Waals surface area contributed by atoms with Gasteiger partial charge in [-0.2, -0.15) is 18.3 Å². The van der Waals surface area contributed by atoms with Crippen molar-refractivity contribution in [2.24, 2.45) is 12.9 Å². The number of hydrazine groups is 1. The number of hydrogen-bond acceptors (Lipinski definition) is 5. The van der Waals surface area contributed by atoms with Gasteiger partial charge in [0.1, 0.15) is 11.6 Å². The van der Waals surface area contributed by atoms with E-state index in [1.165, 1.54) is 0 Å². The van der Waals surface area contributed by atoms with E-state index in [1.54, 1.807) is 36.1 Å². The van der Waals surface area contributed by atoms with Crippen LogP contribution >= 0.6 is 0 Å². The minimum atomic E-state index is -4.46. The van der Waals surface area contributed by atoms with Gasteiger partial charge in [-0.3, -0.25) is 4.68 Å². The SMILES string of the molecule is CN(Cc1cnn(C)c1)c1cc(C(F)(F)F)cc(NN)n1. The Kier molecular flexibility index (Phi) is 4.03. The highest BCUT2D eigenvalue weighted by molar-refractivity contribution is 5.50. The zero-order valence-corrected chi connectivity index (χ0v) is 11.5. The average Bonchev–Trinajstić information content (AvgIpc) is 2.82. The van der Waals surface area contributed by atoms with Crippen molar-refractivity contribution >= 4 is 11.6 Å². The van der Waals surface area contributed by atoms with Crippen LogP contribution in [0, 0.1) is 0 Å². The first-order valence-electron chi connectivity index (χ1n) is 6.04. The summed E-state index contributed by atoms with van der Waals surface area (Å²) in [5.41, 5.74) is 2.20. The number of nitrogen functional groups attached to an aromatic ring is 1. The molecule has 0 saturated carbocycles. The van der Waals surface area contributed by atoms with E-state index in [0.29, 0.717) is 6.54 Å². The van der Waals surface area contributed by atoms with Crippen molar-refractivity contribution in [2.45, 2.75) is 12.7 Å². The summed E-state index contributed by atoms with van der Waals surface area (Å²) >= 11 is 0. The van der Waals surface area contributed by atoms with Crippen LogP contribution in [-0.4, -0.2) is 21.8 Å². The van der Waals surface area contributed by atoms with E-state index in [-0.39, 0.29) is 11.6 Å². The maximum absolute atomic E-state index is 12.8. The maximum Gasteiger partial charge on any atom is 0.416 e. The molecule has 114 valence electrons. The van der Waals surface area contributed by atoms with Gasteiger partial charge in [0.2, 0.25) is 0 Å². The van der Waals surface area contributed by atoms with Crippen LogP contribution in [0.25, 0.3) is 0 Å². The highest BCUT2D eigenvalue weighted by atomic mass is 19.4. The van der Waals surface area contributed by atoms with E-state index in [4.69, 9.17) is 5.84 Å². The molecule has 0 aliphatic carbocycles. The molecule has 21 heavy (non-hydrogen) atoms. The van der Waals surface area contributed by atoms with Gasteiger partial charge in [0.15, 0.2) is 0 Å². The predicted octanol–water partition coefficient (Wildman–Crippen LogP) is 1.76. The van der Waals surface area contributed by atoms with E-state index in [1.807, 2.05) is 0 Å². The standard InChI is InChI=1S/C12H15F3N6/c1-20(6-8-5-17-21(2)7-8)11-4-9(12(13,14)15)3-10(18-11)19-16/h3-5,7H,6,16H2,1-2H3,(H,18,19). The molecular formula is C12H15F3N6. The van der Waals surface area contributed by atoms with Crippen LogP contribution in [0.1, 0.15) is 11.1 Å². The van der Waals surface area contributed by atoms with E-state index >= 15 is 0 Å². The monoisotopic (exact) mass is 300 g/mol. The molecule has 0 spiro atoms. The number of nitrogens with zero attached hydrogens (tertiary/aromatic N) is 4. The van der Waals surface area contributed by atoms with Gasteiger partial charge in [0.25, 0.3) is 0 Å². The Morgan fingerprint density at radius 3 is 2.62 bits per heavy atom. The van der Waals surface area contributed by atoms with Gasteiger partial charge in [-0.25, -0.2) is 10.8 Å². The molecule has 0 radical (unpaired) electrons. The van der Waals surface area contributed by atoms with Crippen LogP contribution in [0.3, 0.4) is 0 Å². The minimum Gasteiger partial charge on any atom is -0.355 e. The largest absolute Gasteiger partial charge is 0.416 e.